The summed E-state index contributed by atoms with van der Waals surface area (Å²) in [5, 5.41) is 2.64. The predicted octanol–water partition coefficient (Wildman–Crippen LogP) is 3.40. The third-order valence-corrected chi connectivity index (χ3v) is 6.67. The molecule has 0 heterocycles. The lowest BCUT2D eigenvalue weighted by atomic mass is 10.1. The molecule has 0 aliphatic carbocycles. The van der Waals surface area contributed by atoms with E-state index in [1.807, 2.05) is 69.3 Å². The van der Waals surface area contributed by atoms with Crippen molar-refractivity contribution in [1.82, 2.24) is 10.2 Å². The fraction of sp³-hybridized carbons (Fsp3) is 0.440. The van der Waals surface area contributed by atoms with Crippen molar-refractivity contribution in [1.29, 1.82) is 0 Å². The number of carbonyl (C=O) groups is 2. The zero-order valence-electron chi connectivity index (χ0n) is 20.2. The molecule has 7 nitrogen and oxygen atoms in total. The lowest BCUT2D eigenvalue weighted by molar-refractivity contribution is -0.141. The summed E-state index contributed by atoms with van der Waals surface area (Å²) in [5.41, 5.74) is 3.47. The molecule has 0 saturated heterocycles. The molecule has 2 aromatic rings. The maximum Gasteiger partial charge on any atom is 0.242 e. The number of amides is 2. The SMILES string of the molecule is CC[C@H](C(=O)NC)N(Cc1ccccc1)C(=O)CCCN(c1cc(C)cc(C)c1)S(C)(=O)=O. The highest BCUT2D eigenvalue weighted by Crippen LogP contribution is 2.22. The zero-order chi connectivity index (χ0) is 24.6. The molecule has 1 atom stereocenters. The standard InChI is InChI=1S/C25H35N3O4S/c1-6-23(25(30)26-4)27(18-21-11-8-7-9-12-21)24(29)13-10-14-28(33(5,31)32)22-16-19(2)15-20(3)17-22/h7-9,11-12,15-17,23H,6,10,13-14,18H2,1-5H3,(H,26,30)/t23-/m1/s1. The fourth-order valence-electron chi connectivity index (χ4n) is 3.96. The van der Waals surface area contributed by atoms with Gasteiger partial charge in [0.1, 0.15) is 6.04 Å². The number of benzene rings is 2. The highest BCUT2D eigenvalue weighted by Gasteiger charge is 2.28. The number of hydrogen-bond donors (Lipinski definition) is 1. The van der Waals surface area contributed by atoms with Gasteiger partial charge in [0.25, 0.3) is 0 Å². The first-order chi connectivity index (χ1) is 15.6. The van der Waals surface area contributed by atoms with Crippen LogP contribution in [0.25, 0.3) is 0 Å². The predicted molar refractivity (Wildman–Crippen MR) is 132 cm³/mol. The van der Waals surface area contributed by atoms with Crippen LogP contribution in [0.1, 0.15) is 42.9 Å². The van der Waals surface area contributed by atoms with Crippen LogP contribution in [0.4, 0.5) is 5.69 Å². The number of nitrogens with one attached hydrogen (secondary N) is 1. The lowest BCUT2D eigenvalue weighted by Crippen LogP contribution is -2.48. The van der Waals surface area contributed by atoms with Crippen LogP contribution < -0.4 is 9.62 Å². The Morgan fingerprint density at radius 1 is 1.03 bits per heavy atom. The Labute approximate surface area is 197 Å². The molecule has 2 aromatic carbocycles. The van der Waals surface area contributed by atoms with E-state index < -0.39 is 16.1 Å². The van der Waals surface area contributed by atoms with E-state index in [0.29, 0.717) is 25.1 Å². The van der Waals surface area contributed by atoms with Crippen molar-refractivity contribution in [3.05, 3.63) is 65.2 Å². The Morgan fingerprint density at radius 2 is 1.64 bits per heavy atom. The highest BCUT2D eigenvalue weighted by atomic mass is 32.2. The van der Waals surface area contributed by atoms with Crippen molar-refractivity contribution in [3.63, 3.8) is 0 Å². The Balaban J connectivity index is 2.19. The molecule has 180 valence electrons. The van der Waals surface area contributed by atoms with Crippen molar-refractivity contribution in [2.75, 3.05) is 24.2 Å². The second kappa shape index (κ2) is 11.8. The third-order valence-electron chi connectivity index (χ3n) is 5.47. The number of likely N-dealkylation sites (N-methyl/N-ethyl adjacent to an activating group) is 1. The number of nitrogens with zero attached hydrogens (tertiary/aromatic N) is 2. The Hall–Kier alpha value is -2.87. The molecule has 33 heavy (non-hydrogen) atoms. The molecule has 2 rings (SSSR count). The van der Waals surface area contributed by atoms with E-state index in [0.717, 1.165) is 16.7 Å². The van der Waals surface area contributed by atoms with Gasteiger partial charge in [-0.2, -0.15) is 0 Å². The van der Waals surface area contributed by atoms with Crippen LogP contribution in [-0.2, 0) is 26.2 Å². The Morgan fingerprint density at radius 3 is 2.15 bits per heavy atom. The second-order valence-electron chi connectivity index (χ2n) is 8.33. The molecule has 0 aliphatic rings. The van der Waals surface area contributed by atoms with Crippen LogP contribution in [0.15, 0.2) is 48.5 Å². The van der Waals surface area contributed by atoms with E-state index in [-0.39, 0.29) is 24.8 Å². The largest absolute Gasteiger partial charge is 0.357 e. The van der Waals surface area contributed by atoms with Crippen LogP contribution in [0, 0.1) is 13.8 Å². The summed E-state index contributed by atoms with van der Waals surface area (Å²) in [6.45, 7) is 6.22. The number of hydrogen-bond acceptors (Lipinski definition) is 4. The topological polar surface area (TPSA) is 86.8 Å². The number of aryl methyl sites for hydroxylation is 2. The van der Waals surface area contributed by atoms with E-state index >= 15 is 0 Å². The average Bonchev–Trinajstić information content (AvgIpc) is 2.75. The molecular formula is C25H35N3O4S. The van der Waals surface area contributed by atoms with E-state index in [9.17, 15) is 18.0 Å². The molecule has 2 amide bonds. The number of sulfonamides is 1. The van der Waals surface area contributed by atoms with Gasteiger partial charge in [0.05, 0.1) is 11.9 Å². The monoisotopic (exact) mass is 473 g/mol. The maximum atomic E-state index is 13.2. The smallest absolute Gasteiger partial charge is 0.242 e. The summed E-state index contributed by atoms with van der Waals surface area (Å²) in [4.78, 5) is 27.3. The summed E-state index contributed by atoms with van der Waals surface area (Å²) in [7, 11) is -1.95. The first-order valence-electron chi connectivity index (χ1n) is 11.2. The molecule has 0 aromatic heterocycles. The van der Waals surface area contributed by atoms with Gasteiger partial charge in [-0.1, -0.05) is 43.3 Å². The number of carbonyl (C=O) groups excluding carboxylic acids is 2. The van der Waals surface area contributed by atoms with Crippen LogP contribution in [0.5, 0.6) is 0 Å². The molecule has 8 heteroatoms. The zero-order valence-corrected chi connectivity index (χ0v) is 21.0. The minimum Gasteiger partial charge on any atom is -0.357 e. The van der Waals surface area contributed by atoms with Gasteiger partial charge in [0, 0.05) is 26.6 Å². The van der Waals surface area contributed by atoms with Gasteiger partial charge >= 0.3 is 0 Å². The summed E-state index contributed by atoms with van der Waals surface area (Å²) in [5.74, 6) is -0.391. The summed E-state index contributed by atoms with van der Waals surface area (Å²) >= 11 is 0. The molecule has 1 N–H and O–H groups in total. The normalized spacial score (nSPS) is 12.2. The molecule has 0 bridgehead atoms. The van der Waals surface area contributed by atoms with E-state index in [2.05, 4.69) is 5.32 Å². The van der Waals surface area contributed by atoms with Gasteiger partial charge in [0.2, 0.25) is 21.8 Å². The number of anilines is 1. The van der Waals surface area contributed by atoms with Gasteiger partial charge in [-0.15, -0.1) is 0 Å². The lowest BCUT2D eigenvalue weighted by Gasteiger charge is -2.30. The van der Waals surface area contributed by atoms with Crippen molar-refractivity contribution >= 4 is 27.5 Å². The summed E-state index contributed by atoms with van der Waals surface area (Å²) in [6, 6.07) is 14.6. The average molecular weight is 474 g/mol. The minimum absolute atomic E-state index is 0.136. The molecule has 0 spiro atoms. The van der Waals surface area contributed by atoms with Crippen molar-refractivity contribution in [3.8, 4) is 0 Å². The molecule has 0 fully saturated rings. The van der Waals surface area contributed by atoms with Crippen LogP contribution in [0.3, 0.4) is 0 Å². The van der Waals surface area contributed by atoms with Gasteiger partial charge in [-0.3, -0.25) is 13.9 Å². The highest BCUT2D eigenvalue weighted by molar-refractivity contribution is 7.92. The van der Waals surface area contributed by atoms with Gasteiger partial charge < -0.3 is 10.2 Å². The minimum atomic E-state index is -3.51. The van der Waals surface area contributed by atoms with Crippen LogP contribution >= 0.6 is 0 Å². The van der Waals surface area contributed by atoms with E-state index in [1.54, 1.807) is 11.9 Å². The fourth-order valence-corrected chi connectivity index (χ4v) is 4.91. The first kappa shape index (κ1) is 26.4. The quantitative estimate of drug-likeness (QED) is 0.542. The van der Waals surface area contributed by atoms with Gasteiger partial charge in [0.15, 0.2) is 0 Å². The molecule has 0 saturated carbocycles. The molecular weight excluding hydrogens is 438 g/mol. The van der Waals surface area contributed by atoms with Gasteiger partial charge in [-0.05, 0) is 55.5 Å². The van der Waals surface area contributed by atoms with Gasteiger partial charge in [-0.25, -0.2) is 8.42 Å². The van der Waals surface area contributed by atoms with Crippen molar-refractivity contribution in [2.24, 2.45) is 0 Å². The number of rotatable bonds is 11. The van der Waals surface area contributed by atoms with Crippen LogP contribution in [-0.4, -0.2) is 51.0 Å². The maximum absolute atomic E-state index is 13.2. The third kappa shape index (κ3) is 7.60. The van der Waals surface area contributed by atoms with Crippen molar-refractivity contribution in [2.45, 2.75) is 52.6 Å². The Bertz CT molecular complexity index is 1030. The van der Waals surface area contributed by atoms with Crippen LogP contribution in [0.2, 0.25) is 0 Å². The Kier molecular flexibility index (Phi) is 9.46. The molecule has 0 radical (unpaired) electrons. The summed E-state index contributed by atoms with van der Waals surface area (Å²) < 4.78 is 26.3. The van der Waals surface area contributed by atoms with E-state index in [4.69, 9.17) is 0 Å². The molecule has 0 unspecified atom stereocenters. The second-order valence-corrected chi connectivity index (χ2v) is 10.2. The van der Waals surface area contributed by atoms with E-state index in [1.165, 1.54) is 10.6 Å². The molecule has 0 aliphatic heterocycles. The first-order valence-corrected chi connectivity index (χ1v) is 13.0. The van der Waals surface area contributed by atoms with Crippen molar-refractivity contribution < 1.29 is 18.0 Å². The summed E-state index contributed by atoms with van der Waals surface area (Å²) in [6.07, 6.45) is 2.13.